The zero-order valence-corrected chi connectivity index (χ0v) is 12.1. The summed E-state index contributed by atoms with van der Waals surface area (Å²) in [4.78, 5) is 23.1. The number of thiol groups is 2. The molecule has 0 aromatic heterocycles. The molecule has 2 N–H and O–H groups in total. The highest BCUT2D eigenvalue weighted by Crippen LogP contribution is 2.24. The van der Waals surface area contributed by atoms with E-state index in [0.717, 1.165) is 0 Å². The number of nitrogens with one attached hydrogen (secondary N) is 2. The topological polar surface area (TPSA) is 58.2 Å². The molecule has 0 bridgehead atoms. The van der Waals surface area contributed by atoms with E-state index in [9.17, 15) is 18.4 Å². The average Bonchev–Trinajstić information content (AvgIpc) is 2.37. The molecule has 0 rings (SSSR count). The Morgan fingerprint density at radius 1 is 1.22 bits per heavy atom. The number of hydrogen-bond acceptors (Lipinski definition) is 5. The normalized spacial score (nSPS) is 17.7. The van der Waals surface area contributed by atoms with Crippen LogP contribution in [-0.4, -0.2) is 48.3 Å². The second-order valence-electron chi connectivity index (χ2n) is 3.79. The van der Waals surface area contributed by atoms with Gasteiger partial charge in [-0.05, 0) is 6.54 Å². The van der Waals surface area contributed by atoms with Crippen LogP contribution >= 0.6 is 25.3 Å². The number of ketones is 1. The summed E-state index contributed by atoms with van der Waals surface area (Å²) in [5, 5.41) is 4.38. The molecule has 0 heterocycles. The first kappa shape index (κ1) is 17.7. The van der Waals surface area contributed by atoms with E-state index in [1.54, 1.807) is 6.92 Å². The van der Waals surface area contributed by atoms with Gasteiger partial charge in [-0.25, -0.2) is 8.78 Å². The Morgan fingerprint density at radius 2 is 1.78 bits per heavy atom. The second kappa shape index (κ2) is 7.30. The molecule has 0 saturated heterocycles. The van der Waals surface area contributed by atoms with Crippen molar-refractivity contribution in [3.63, 3.8) is 0 Å². The molecule has 2 atom stereocenters. The van der Waals surface area contributed by atoms with E-state index in [0.29, 0.717) is 0 Å². The van der Waals surface area contributed by atoms with Crippen LogP contribution in [0.5, 0.6) is 0 Å². The van der Waals surface area contributed by atoms with Crippen LogP contribution in [0.25, 0.3) is 0 Å². The van der Waals surface area contributed by atoms with Crippen molar-refractivity contribution < 1.29 is 18.4 Å². The van der Waals surface area contributed by atoms with E-state index in [1.165, 1.54) is 7.05 Å². The monoisotopic (exact) mass is 300 g/mol. The third kappa shape index (κ3) is 4.10. The van der Waals surface area contributed by atoms with Gasteiger partial charge in [0.1, 0.15) is 0 Å². The fraction of sp³-hybridized carbons (Fsp3) is 0.800. The van der Waals surface area contributed by atoms with Gasteiger partial charge in [-0.2, -0.15) is 25.3 Å². The van der Waals surface area contributed by atoms with Gasteiger partial charge >= 0.3 is 0 Å². The summed E-state index contributed by atoms with van der Waals surface area (Å²) < 4.78 is 28.2. The van der Waals surface area contributed by atoms with Gasteiger partial charge in [-0.3, -0.25) is 14.9 Å². The SMILES string of the molecule is CCN[C@](F)(CS)C(=O)C[C@@](F)(CS)C(=O)NC. The minimum absolute atomic E-state index is 0.183. The summed E-state index contributed by atoms with van der Waals surface area (Å²) in [6.45, 7) is 1.79. The van der Waals surface area contributed by atoms with E-state index in [2.05, 4.69) is 35.9 Å². The summed E-state index contributed by atoms with van der Waals surface area (Å²) >= 11 is 7.42. The molecule has 0 aromatic rings. The van der Waals surface area contributed by atoms with Crippen molar-refractivity contribution in [3.05, 3.63) is 0 Å². The molecule has 106 valence electrons. The lowest BCUT2D eigenvalue weighted by atomic mass is 9.95. The summed E-state index contributed by atoms with van der Waals surface area (Å²) in [7, 11) is 1.23. The van der Waals surface area contributed by atoms with E-state index >= 15 is 0 Å². The summed E-state index contributed by atoms with van der Waals surface area (Å²) in [6.07, 6.45) is -0.889. The maximum Gasteiger partial charge on any atom is 0.258 e. The van der Waals surface area contributed by atoms with Gasteiger partial charge in [-0.15, -0.1) is 0 Å². The third-order valence-electron chi connectivity index (χ3n) is 2.44. The maximum atomic E-state index is 14.1. The number of Topliss-reactive ketones (excluding diaryl/α,β-unsaturated/α-hetero) is 1. The largest absolute Gasteiger partial charge is 0.356 e. The Morgan fingerprint density at radius 3 is 2.11 bits per heavy atom. The average molecular weight is 300 g/mol. The highest BCUT2D eigenvalue weighted by molar-refractivity contribution is 7.80. The van der Waals surface area contributed by atoms with E-state index in [-0.39, 0.29) is 6.54 Å². The van der Waals surface area contributed by atoms with Crippen LogP contribution in [0.4, 0.5) is 8.78 Å². The maximum absolute atomic E-state index is 14.1. The van der Waals surface area contributed by atoms with E-state index in [1.807, 2.05) is 0 Å². The minimum atomic E-state index is -2.52. The molecule has 0 aromatic carbocycles. The zero-order valence-electron chi connectivity index (χ0n) is 10.3. The van der Waals surface area contributed by atoms with Gasteiger partial charge in [0.25, 0.3) is 5.91 Å². The fourth-order valence-corrected chi connectivity index (χ4v) is 1.89. The Kier molecular flexibility index (Phi) is 7.16. The first-order valence-electron chi connectivity index (χ1n) is 5.39. The molecule has 18 heavy (non-hydrogen) atoms. The van der Waals surface area contributed by atoms with Gasteiger partial charge in [-0.1, -0.05) is 6.92 Å². The molecular formula is C10H18F2N2O2S2. The number of carbonyl (C=O) groups is 2. The molecule has 0 aliphatic rings. The molecule has 0 aliphatic heterocycles. The first-order chi connectivity index (χ1) is 8.29. The smallest absolute Gasteiger partial charge is 0.258 e. The molecular weight excluding hydrogens is 282 g/mol. The summed E-state index contributed by atoms with van der Waals surface area (Å²) in [5.41, 5.74) is -2.52. The highest BCUT2D eigenvalue weighted by atomic mass is 32.1. The van der Waals surface area contributed by atoms with Crippen LogP contribution in [0, 0.1) is 0 Å². The van der Waals surface area contributed by atoms with E-state index in [4.69, 9.17) is 0 Å². The standard InChI is InChI=1S/C10H18F2N2O2S2/c1-3-14-10(12,6-18)7(15)4-9(11,5-17)8(16)13-2/h14,17-18H,3-6H2,1-2H3,(H,13,16)/t9-,10-/m1/s1. The fourth-order valence-electron chi connectivity index (χ4n) is 1.35. The molecule has 0 radical (unpaired) electrons. The van der Waals surface area contributed by atoms with Crippen molar-refractivity contribution in [2.75, 3.05) is 25.1 Å². The van der Waals surface area contributed by atoms with Gasteiger partial charge < -0.3 is 5.32 Å². The number of halogens is 2. The molecule has 0 aliphatic carbocycles. The second-order valence-corrected chi connectivity index (χ2v) is 4.42. The lowest BCUT2D eigenvalue weighted by molar-refractivity contribution is -0.141. The quantitative estimate of drug-likeness (QED) is 0.391. The number of carbonyl (C=O) groups excluding carboxylic acids is 2. The van der Waals surface area contributed by atoms with Crippen LogP contribution in [0.2, 0.25) is 0 Å². The summed E-state index contributed by atoms with van der Waals surface area (Å²) in [6, 6.07) is 0. The van der Waals surface area contributed by atoms with Crippen LogP contribution in [0.1, 0.15) is 13.3 Å². The third-order valence-corrected chi connectivity index (χ3v) is 3.38. The molecule has 0 fully saturated rings. The van der Waals surface area contributed by atoms with Crippen LogP contribution < -0.4 is 10.6 Å². The first-order valence-corrected chi connectivity index (χ1v) is 6.66. The van der Waals surface area contributed by atoms with Crippen LogP contribution in [0.15, 0.2) is 0 Å². The number of rotatable bonds is 8. The number of alkyl halides is 2. The Labute approximate surface area is 116 Å². The Bertz CT molecular complexity index is 320. The van der Waals surface area contributed by atoms with Crippen LogP contribution in [-0.2, 0) is 9.59 Å². The van der Waals surface area contributed by atoms with Crippen molar-refractivity contribution >= 4 is 36.9 Å². The van der Waals surface area contributed by atoms with Gasteiger partial charge in [0.15, 0.2) is 5.78 Å². The number of hydrogen-bond donors (Lipinski definition) is 4. The molecule has 0 saturated carbocycles. The van der Waals surface area contributed by atoms with Gasteiger partial charge in [0, 0.05) is 18.6 Å². The predicted octanol–water partition coefficient (Wildman–Crippen LogP) is 0.535. The Balaban J connectivity index is 4.95. The van der Waals surface area contributed by atoms with Crippen molar-refractivity contribution in [2.24, 2.45) is 0 Å². The van der Waals surface area contributed by atoms with E-state index < -0.39 is 41.1 Å². The van der Waals surface area contributed by atoms with Gasteiger partial charge in [0.2, 0.25) is 11.5 Å². The molecule has 8 heteroatoms. The zero-order chi connectivity index (χ0) is 14.4. The molecule has 0 unspecified atom stereocenters. The van der Waals surface area contributed by atoms with Crippen molar-refractivity contribution in [1.82, 2.24) is 10.6 Å². The van der Waals surface area contributed by atoms with Crippen molar-refractivity contribution in [1.29, 1.82) is 0 Å². The van der Waals surface area contributed by atoms with Crippen LogP contribution in [0.3, 0.4) is 0 Å². The molecule has 4 nitrogen and oxygen atoms in total. The minimum Gasteiger partial charge on any atom is -0.356 e. The van der Waals surface area contributed by atoms with Crippen molar-refractivity contribution in [2.45, 2.75) is 24.8 Å². The lowest BCUT2D eigenvalue weighted by Crippen LogP contribution is -2.54. The summed E-state index contributed by atoms with van der Waals surface area (Å²) in [5.74, 6) is -5.43. The lowest BCUT2D eigenvalue weighted by Gasteiger charge is -2.27. The predicted molar refractivity (Wildman–Crippen MR) is 72.8 cm³/mol. The van der Waals surface area contributed by atoms with Crippen molar-refractivity contribution in [3.8, 4) is 0 Å². The number of amides is 1. The molecule has 1 amide bonds. The Hall–Kier alpha value is -0.340. The molecule has 0 spiro atoms. The highest BCUT2D eigenvalue weighted by Gasteiger charge is 2.45. The van der Waals surface area contributed by atoms with Gasteiger partial charge in [0.05, 0.1) is 6.42 Å². The number of likely N-dealkylation sites (N-methyl/N-ethyl adjacent to an activating group) is 1.